The first-order chi connectivity index (χ1) is 9.13. The molecule has 0 saturated carbocycles. The number of fused-ring (bicyclic) bond motifs is 1. The third kappa shape index (κ3) is 1.95. The van der Waals surface area contributed by atoms with Crippen molar-refractivity contribution in [2.24, 2.45) is 0 Å². The van der Waals surface area contributed by atoms with Crippen LogP contribution >= 0.6 is 0 Å². The van der Waals surface area contributed by atoms with E-state index < -0.39 is 24.5 Å². The molecule has 101 valence electrons. The van der Waals surface area contributed by atoms with Crippen LogP contribution in [0.2, 0.25) is 0 Å². The van der Waals surface area contributed by atoms with Gasteiger partial charge >= 0.3 is 115 Å². The Bertz CT molecular complexity index is 606. The summed E-state index contributed by atoms with van der Waals surface area (Å²) in [6.07, 6.45) is -1.15. The van der Waals surface area contributed by atoms with Crippen molar-refractivity contribution in [1.82, 2.24) is 19.5 Å². The molecule has 0 bridgehead atoms. The summed E-state index contributed by atoms with van der Waals surface area (Å²) in [6.45, 7) is -0.372. The van der Waals surface area contributed by atoms with Crippen molar-refractivity contribution in [1.29, 1.82) is 0 Å². The SMILES string of the molecule is OCC1OC(n2cnc3c([Se])ncnc32)C(O)C1O. The van der Waals surface area contributed by atoms with E-state index in [1.807, 2.05) is 0 Å². The maximum absolute atomic E-state index is 9.97. The van der Waals surface area contributed by atoms with Crippen molar-refractivity contribution in [3.63, 3.8) is 0 Å². The van der Waals surface area contributed by atoms with Crippen LogP contribution in [0.5, 0.6) is 0 Å². The first kappa shape index (κ1) is 12.9. The van der Waals surface area contributed by atoms with E-state index in [4.69, 9.17) is 9.84 Å². The molecule has 3 heterocycles. The van der Waals surface area contributed by atoms with E-state index in [-0.39, 0.29) is 6.61 Å². The molecule has 1 radical (unpaired) electrons. The molecule has 0 spiro atoms. The maximum atomic E-state index is 9.97. The van der Waals surface area contributed by atoms with Crippen LogP contribution in [0.4, 0.5) is 0 Å². The molecule has 3 N–H and O–H groups in total. The van der Waals surface area contributed by atoms with E-state index in [9.17, 15) is 10.2 Å². The van der Waals surface area contributed by atoms with Gasteiger partial charge in [0.15, 0.2) is 0 Å². The van der Waals surface area contributed by atoms with Crippen molar-refractivity contribution in [3.05, 3.63) is 12.7 Å². The van der Waals surface area contributed by atoms with Crippen LogP contribution in [0, 0.1) is 0 Å². The number of nitrogens with zero attached hydrogens (tertiary/aromatic N) is 4. The monoisotopic (exact) mass is 331 g/mol. The molecule has 0 aromatic carbocycles. The molecular formula is C10H11N4O4Se. The summed E-state index contributed by atoms with van der Waals surface area (Å²) in [5, 5.41) is 28.8. The summed E-state index contributed by atoms with van der Waals surface area (Å²) in [4.78, 5) is 12.2. The first-order valence-electron chi connectivity index (χ1n) is 5.60. The molecule has 1 fully saturated rings. The zero-order valence-electron chi connectivity index (χ0n) is 9.62. The van der Waals surface area contributed by atoms with Gasteiger partial charge in [0.05, 0.1) is 0 Å². The molecule has 9 heteroatoms. The van der Waals surface area contributed by atoms with Gasteiger partial charge in [-0.05, 0) is 0 Å². The third-order valence-corrected chi connectivity index (χ3v) is 3.74. The Labute approximate surface area is 115 Å². The van der Waals surface area contributed by atoms with Gasteiger partial charge in [0.2, 0.25) is 0 Å². The number of hydrogen-bond donors (Lipinski definition) is 3. The molecule has 3 rings (SSSR count). The molecular weight excluding hydrogens is 319 g/mol. The van der Waals surface area contributed by atoms with Crippen LogP contribution in [0.25, 0.3) is 11.2 Å². The van der Waals surface area contributed by atoms with Gasteiger partial charge in [0.1, 0.15) is 0 Å². The van der Waals surface area contributed by atoms with Gasteiger partial charge in [-0.3, -0.25) is 0 Å². The Hall–Kier alpha value is -1.09. The van der Waals surface area contributed by atoms with Crippen LogP contribution in [0.15, 0.2) is 12.7 Å². The third-order valence-electron chi connectivity index (χ3n) is 3.12. The molecule has 8 nitrogen and oxygen atoms in total. The number of aliphatic hydroxyl groups excluding tert-OH is 3. The fraction of sp³-hybridized carbons (Fsp3) is 0.500. The summed E-state index contributed by atoms with van der Waals surface area (Å²) < 4.78 is 7.54. The van der Waals surface area contributed by atoms with Crippen molar-refractivity contribution < 1.29 is 20.1 Å². The van der Waals surface area contributed by atoms with E-state index >= 15 is 0 Å². The fourth-order valence-electron chi connectivity index (χ4n) is 2.13. The van der Waals surface area contributed by atoms with E-state index in [0.29, 0.717) is 15.8 Å². The van der Waals surface area contributed by atoms with Gasteiger partial charge in [-0.25, -0.2) is 0 Å². The zero-order chi connectivity index (χ0) is 13.6. The Kier molecular flexibility index (Phi) is 3.25. The van der Waals surface area contributed by atoms with Crippen molar-refractivity contribution in [2.75, 3.05) is 6.61 Å². The number of aliphatic hydroxyl groups is 3. The van der Waals surface area contributed by atoms with Crippen LogP contribution in [0.1, 0.15) is 6.23 Å². The summed E-state index contributed by atoms with van der Waals surface area (Å²) in [6, 6.07) is 0. The molecule has 2 aromatic rings. The van der Waals surface area contributed by atoms with Crippen LogP contribution < -0.4 is 4.59 Å². The Morgan fingerprint density at radius 2 is 2.05 bits per heavy atom. The molecule has 1 saturated heterocycles. The van der Waals surface area contributed by atoms with Crippen molar-refractivity contribution in [3.8, 4) is 0 Å². The van der Waals surface area contributed by atoms with Crippen molar-refractivity contribution in [2.45, 2.75) is 24.5 Å². The number of aromatic nitrogens is 4. The summed E-state index contributed by atoms with van der Waals surface area (Å²) >= 11 is 2.77. The molecule has 19 heavy (non-hydrogen) atoms. The predicted molar refractivity (Wildman–Crippen MR) is 63.7 cm³/mol. The van der Waals surface area contributed by atoms with Crippen LogP contribution in [0.3, 0.4) is 0 Å². The quantitative estimate of drug-likeness (QED) is 0.511. The van der Waals surface area contributed by atoms with Gasteiger partial charge in [-0.1, -0.05) is 0 Å². The second kappa shape index (κ2) is 4.78. The standard InChI is InChI=1S/C10H11N4O4Se/c15-1-4-6(16)7(17)10(18-4)14-3-13-5-8(14)11-2-12-9(5)19/h2-4,6-7,10,15-17H,1H2. The van der Waals surface area contributed by atoms with Gasteiger partial charge in [-0.2, -0.15) is 0 Å². The molecule has 0 amide bonds. The van der Waals surface area contributed by atoms with Gasteiger partial charge in [0, 0.05) is 0 Å². The second-order valence-corrected chi connectivity index (χ2v) is 5.04. The van der Waals surface area contributed by atoms with E-state index in [2.05, 4.69) is 31.0 Å². The van der Waals surface area contributed by atoms with Gasteiger partial charge in [-0.15, -0.1) is 0 Å². The summed E-state index contributed by atoms with van der Waals surface area (Å²) in [5.41, 5.74) is 1.04. The molecule has 1 aliphatic heterocycles. The topological polar surface area (TPSA) is 114 Å². The Morgan fingerprint density at radius 1 is 1.26 bits per heavy atom. The van der Waals surface area contributed by atoms with Crippen LogP contribution in [-0.4, -0.2) is 75.8 Å². The van der Waals surface area contributed by atoms with E-state index in [1.54, 1.807) is 0 Å². The average Bonchev–Trinajstić information content (AvgIpc) is 2.94. The minimum atomic E-state index is -1.16. The average molecular weight is 330 g/mol. The number of hydrogen-bond acceptors (Lipinski definition) is 7. The van der Waals surface area contributed by atoms with E-state index in [1.165, 1.54) is 17.2 Å². The molecule has 1 aliphatic rings. The summed E-state index contributed by atoms with van der Waals surface area (Å²) in [7, 11) is 0. The second-order valence-electron chi connectivity index (χ2n) is 4.23. The molecule has 0 aliphatic carbocycles. The first-order valence-corrected chi connectivity index (χ1v) is 6.46. The normalized spacial score (nSPS) is 31.1. The number of ether oxygens (including phenoxy) is 1. The summed E-state index contributed by atoms with van der Waals surface area (Å²) in [5.74, 6) is 0. The van der Waals surface area contributed by atoms with Crippen LogP contribution in [-0.2, 0) is 4.74 Å². The van der Waals surface area contributed by atoms with Gasteiger partial charge < -0.3 is 0 Å². The number of rotatable bonds is 2. The van der Waals surface area contributed by atoms with Gasteiger partial charge in [0.25, 0.3) is 0 Å². The molecule has 4 atom stereocenters. The minimum absolute atomic E-state index is 0.372. The van der Waals surface area contributed by atoms with E-state index in [0.717, 1.165) is 0 Å². The van der Waals surface area contributed by atoms with Crippen molar-refractivity contribution >= 4 is 31.8 Å². The zero-order valence-corrected chi connectivity index (χ0v) is 11.3. The predicted octanol–water partition coefficient (Wildman–Crippen LogP) is -2.77. The Balaban J connectivity index is 2.04. The number of imidazole rings is 1. The molecule has 4 unspecified atom stereocenters. The Morgan fingerprint density at radius 3 is 2.74 bits per heavy atom. The fourth-order valence-corrected chi connectivity index (χ4v) is 2.53. The molecule has 2 aromatic heterocycles.